The SMILES string of the molecule is CNCC(O)c1cc(Cl)c(C=O)c2c1OCO2. The fraction of sp³-hybridized carbons (Fsp3) is 0.364. The van der Waals surface area contributed by atoms with E-state index in [0.29, 0.717) is 29.9 Å². The van der Waals surface area contributed by atoms with Crippen LogP contribution in [-0.2, 0) is 0 Å². The largest absolute Gasteiger partial charge is 0.453 e. The standard InChI is InChI=1S/C11H12ClNO4/c1-13-3-9(15)6-2-8(12)7(4-14)11-10(6)16-5-17-11/h2,4,9,13,15H,3,5H2,1H3. The van der Waals surface area contributed by atoms with Gasteiger partial charge in [-0.3, -0.25) is 4.79 Å². The van der Waals surface area contributed by atoms with Gasteiger partial charge in [-0.2, -0.15) is 0 Å². The van der Waals surface area contributed by atoms with Gasteiger partial charge in [-0.25, -0.2) is 0 Å². The molecule has 1 aromatic rings. The summed E-state index contributed by atoms with van der Waals surface area (Å²) in [6.07, 6.45) is -0.155. The van der Waals surface area contributed by atoms with Crippen LogP contribution in [0.4, 0.5) is 0 Å². The quantitative estimate of drug-likeness (QED) is 0.792. The number of halogens is 1. The van der Waals surface area contributed by atoms with Gasteiger partial charge in [0.05, 0.1) is 16.7 Å². The number of aldehydes is 1. The molecule has 0 amide bonds. The summed E-state index contributed by atoms with van der Waals surface area (Å²) in [7, 11) is 1.72. The van der Waals surface area contributed by atoms with E-state index in [4.69, 9.17) is 21.1 Å². The topological polar surface area (TPSA) is 67.8 Å². The summed E-state index contributed by atoms with van der Waals surface area (Å²) >= 11 is 5.96. The van der Waals surface area contributed by atoms with Gasteiger partial charge in [0.25, 0.3) is 0 Å². The summed E-state index contributed by atoms with van der Waals surface area (Å²) < 4.78 is 10.5. The first-order valence-electron chi connectivity index (χ1n) is 5.08. The number of hydrogen-bond acceptors (Lipinski definition) is 5. The van der Waals surface area contributed by atoms with Crippen LogP contribution in [0.25, 0.3) is 0 Å². The Balaban J connectivity index is 2.51. The minimum absolute atomic E-state index is 0.0236. The summed E-state index contributed by atoms with van der Waals surface area (Å²) in [4.78, 5) is 10.9. The summed E-state index contributed by atoms with van der Waals surface area (Å²) in [6.45, 7) is 0.377. The van der Waals surface area contributed by atoms with Crippen LogP contribution < -0.4 is 14.8 Å². The number of aliphatic hydroxyl groups excluding tert-OH is 1. The zero-order valence-electron chi connectivity index (χ0n) is 9.20. The monoisotopic (exact) mass is 257 g/mol. The smallest absolute Gasteiger partial charge is 0.231 e. The third kappa shape index (κ3) is 2.09. The van der Waals surface area contributed by atoms with Crippen LogP contribution in [0.5, 0.6) is 11.5 Å². The summed E-state index contributed by atoms with van der Waals surface area (Å²) in [5, 5.41) is 13.0. The van der Waals surface area contributed by atoms with Gasteiger partial charge in [-0.1, -0.05) is 11.6 Å². The second kappa shape index (κ2) is 4.91. The van der Waals surface area contributed by atoms with Crippen LogP contribution in [0.2, 0.25) is 5.02 Å². The fourth-order valence-electron chi connectivity index (χ4n) is 1.74. The maximum absolute atomic E-state index is 10.9. The van der Waals surface area contributed by atoms with Crippen molar-refractivity contribution in [2.24, 2.45) is 0 Å². The molecule has 1 aromatic carbocycles. The van der Waals surface area contributed by atoms with Crippen molar-refractivity contribution >= 4 is 17.9 Å². The fourth-order valence-corrected chi connectivity index (χ4v) is 1.99. The number of fused-ring (bicyclic) bond motifs is 1. The summed E-state index contributed by atoms with van der Waals surface area (Å²) in [5.41, 5.74) is 0.766. The number of ether oxygens (including phenoxy) is 2. The maximum Gasteiger partial charge on any atom is 0.231 e. The average molecular weight is 258 g/mol. The first kappa shape index (κ1) is 12.2. The molecule has 2 N–H and O–H groups in total. The van der Waals surface area contributed by atoms with E-state index in [1.54, 1.807) is 7.05 Å². The molecule has 2 rings (SSSR count). The third-order valence-corrected chi connectivity index (χ3v) is 2.85. The van der Waals surface area contributed by atoms with Crippen LogP contribution in [-0.4, -0.2) is 31.8 Å². The van der Waals surface area contributed by atoms with Gasteiger partial charge < -0.3 is 19.9 Å². The van der Waals surface area contributed by atoms with E-state index in [0.717, 1.165) is 0 Å². The highest BCUT2D eigenvalue weighted by Gasteiger charge is 2.27. The van der Waals surface area contributed by atoms with Crippen molar-refractivity contribution in [2.75, 3.05) is 20.4 Å². The van der Waals surface area contributed by atoms with E-state index < -0.39 is 6.10 Å². The normalized spacial score (nSPS) is 14.8. The number of rotatable bonds is 4. The molecule has 0 aromatic heterocycles. The average Bonchev–Trinajstić information content (AvgIpc) is 2.77. The lowest BCUT2D eigenvalue weighted by Crippen LogP contribution is -2.17. The first-order chi connectivity index (χ1) is 8.19. The van der Waals surface area contributed by atoms with Crippen molar-refractivity contribution in [3.05, 3.63) is 22.2 Å². The predicted octanol–water partition coefficient (Wildman–Crippen LogP) is 1.13. The molecular formula is C11H12ClNO4. The van der Waals surface area contributed by atoms with Gasteiger partial charge in [0.15, 0.2) is 17.8 Å². The molecular weight excluding hydrogens is 246 g/mol. The number of carbonyl (C=O) groups excluding carboxylic acids is 1. The summed E-state index contributed by atoms with van der Waals surface area (Å²) in [6, 6.07) is 1.53. The molecule has 5 nitrogen and oxygen atoms in total. The van der Waals surface area contributed by atoms with E-state index in [-0.39, 0.29) is 17.4 Å². The Bertz CT molecular complexity index is 450. The Morgan fingerprint density at radius 3 is 2.94 bits per heavy atom. The second-order valence-corrected chi connectivity index (χ2v) is 4.02. The van der Waals surface area contributed by atoms with Gasteiger partial charge in [-0.05, 0) is 13.1 Å². The van der Waals surface area contributed by atoms with Crippen LogP contribution in [0.15, 0.2) is 6.07 Å². The Hall–Kier alpha value is -1.30. The number of carbonyl (C=O) groups is 1. The molecule has 17 heavy (non-hydrogen) atoms. The van der Waals surface area contributed by atoms with E-state index in [9.17, 15) is 9.90 Å². The lowest BCUT2D eigenvalue weighted by molar-refractivity contribution is 0.111. The Kier molecular flexibility index (Phi) is 3.51. The van der Waals surface area contributed by atoms with Crippen LogP contribution >= 0.6 is 11.6 Å². The van der Waals surface area contributed by atoms with Crippen molar-refractivity contribution in [1.82, 2.24) is 5.32 Å². The highest BCUT2D eigenvalue weighted by atomic mass is 35.5. The zero-order chi connectivity index (χ0) is 12.4. The third-order valence-electron chi connectivity index (χ3n) is 2.53. The lowest BCUT2D eigenvalue weighted by Gasteiger charge is -2.14. The molecule has 1 aliphatic heterocycles. The van der Waals surface area contributed by atoms with E-state index in [2.05, 4.69) is 5.32 Å². The van der Waals surface area contributed by atoms with Gasteiger partial charge in [-0.15, -0.1) is 0 Å². The van der Waals surface area contributed by atoms with Crippen LogP contribution in [0.1, 0.15) is 22.0 Å². The maximum atomic E-state index is 10.9. The second-order valence-electron chi connectivity index (χ2n) is 3.62. The number of aliphatic hydroxyl groups is 1. The van der Waals surface area contributed by atoms with Crippen molar-refractivity contribution in [3.8, 4) is 11.5 Å². The molecule has 0 bridgehead atoms. The van der Waals surface area contributed by atoms with E-state index in [1.165, 1.54) is 6.07 Å². The lowest BCUT2D eigenvalue weighted by atomic mass is 10.0. The van der Waals surface area contributed by atoms with Gasteiger partial charge in [0.2, 0.25) is 6.79 Å². The predicted molar refractivity (Wildman–Crippen MR) is 61.8 cm³/mol. The first-order valence-corrected chi connectivity index (χ1v) is 5.46. The molecule has 0 fully saturated rings. The molecule has 6 heteroatoms. The van der Waals surface area contributed by atoms with E-state index >= 15 is 0 Å². The van der Waals surface area contributed by atoms with Gasteiger partial charge in [0, 0.05) is 12.1 Å². The minimum Gasteiger partial charge on any atom is -0.453 e. The molecule has 0 saturated heterocycles. The van der Waals surface area contributed by atoms with Gasteiger partial charge in [0.1, 0.15) is 0 Å². The number of nitrogens with one attached hydrogen (secondary N) is 1. The zero-order valence-corrected chi connectivity index (χ0v) is 9.95. The minimum atomic E-state index is -0.770. The molecule has 0 aliphatic carbocycles. The van der Waals surface area contributed by atoms with Gasteiger partial charge >= 0.3 is 0 Å². The molecule has 0 saturated carbocycles. The number of likely N-dealkylation sites (N-methyl/N-ethyl adjacent to an activating group) is 1. The van der Waals surface area contributed by atoms with Crippen molar-refractivity contribution in [2.45, 2.75) is 6.10 Å². The van der Waals surface area contributed by atoms with Crippen molar-refractivity contribution < 1.29 is 19.4 Å². The Morgan fingerprint density at radius 1 is 1.59 bits per heavy atom. The Morgan fingerprint density at radius 2 is 2.29 bits per heavy atom. The molecule has 0 radical (unpaired) electrons. The molecule has 1 atom stereocenters. The molecule has 1 aliphatic rings. The Labute approximate surface area is 103 Å². The molecule has 92 valence electrons. The number of benzene rings is 1. The summed E-state index contributed by atoms with van der Waals surface area (Å²) in [5.74, 6) is 0.692. The van der Waals surface area contributed by atoms with Crippen molar-refractivity contribution in [3.63, 3.8) is 0 Å². The highest BCUT2D eigenvalue weighted by molar-refractivity contribution is 6.33. The van der Waals surface area contributed by atoms with Crippen molar-refractivity contribution in [1.29, 1.82) is 0 Å². The van der Waals surface area contributed by atoms with E-state index in [1.807, 2.05) is 0 Å². The van der Waals surface area contributed by atoms with Crippen LogP contribution in [0.3, 0.4) is 0 Å². The molecule has 1 heterocycles. The highest BCUT2D eigenvalue weighted by Crippen LogP contribution is 2.44. The molecule has 0 spiro atoms. The number of hydrogen-bond donors (Lipinski definition) is 2. The molecule has 1 unspecified atom stereocenters. The van der Waals surface area contributed by atoms with Crippen LogP contribution in [0, 0.1) is 0 Å².